The third-order valence-corrected chi connectivity index (χ3v) is 6.03. The molecule has 1 fully saturated rings. The van der Waals surface area contributed by atoms with Gasteiger partial charge in [-0.05, 0) is 23.3 Å². The summed E-state index contributed by atoms with van der Waals surface area (Å²) in [4.78, 5) is 16.2. The molecule has 7 nitrogen and oxygen atoms in total. The van der Waals surface area contributed by atoms with Gasteiger partial charge in [-0.3, -0.25) is 0 Å². The highest BCUT2D eigenvalue weighted by Gasteiger charge is 2.25. The lowest BCUT2D eigenvalue weighted by atomic mass is 10.1. The predicted octanol–water partition coefficient (Wildman–Crippen LogP) is 3.45. The average Bonchev–Trinajstić information content (AvgIpc) is 3.23. The molecular formula is C24H23N5O2. The lowest BCUT2D eigenvalue weighted by Crippen LogP contribution is -2.37. The smallest absolute Gasteiger partial charge is 0.225 e. The quantitative estimate of drug-likeness (QED) is 0.513. The van der Waals surface area contributed by atoms with Crippen molar-refractivity contribution in [1.29, 1.82) is 0 Å². The van der Waals surface area contributed by atoms with Gasteiger partial charge in [0.15, 0.2) is 0 Å². The van der Waals surface area contributed by atoms with Gasteiger partial charge in [0.25, 0.3) is 0 Å². The molecule has 4 aromatic rings. The maximum Gasteiger partial charge on any atom is 0.225 e. The van der Waals surface area contributed by atoms with E-state index in [-0.39, 0.29) is 6.04 Å². The van der Waals surface area contributed by atoms with Gasteiger partial charge >= 0.3 is 0 Å². The molecule has 156 valence electrons. The topological polar surface area (TPSA) is 65.3 Å². The molecule has 31 heavy (non-hydrogen) atoms. The Labute approximate surface area is 180 Å². The van der Waals surface area contributed by atoms with Crippen LogP contribution in [0.4, 0.5) is 5.95 Å². The summed E-state index contributed by atoms with van der Waals surface area (Å²) in [6.07, 6.45) is 3.81. The molecule has 0 saturated carbocycles. The van der Waals surface area contributed by atoms with Crippen LogP contribution in [-0.4, -0.2) is 52.4 Å². The van der Waals surface area contributed by atoms with Crippen LogP contribution in [0.1, 0.15) is 17.4 Å². The first-order valence-electron chi connectivity index (χ1n) is 10.7. The molecule has 0 N–H and O–H groups in total. The Morgan fingerprint density at radius 3 is 2.48 bits per heavy atom. The van der Waals surface area contributed by atoms with E-state index >= 15 is 0 Å². The number of aromatic nitrogens is 4. The molecule has 0 radical (unpaired) electrons. The Balaban J connectivity index is 1.38. The molecule has 1 unspecified atom stereocenters. The van der Waals surface area contributed by atoms with Crippen molar-refractivity contribution in [2.45, 2.75) is 12.6 Å². The van der Waals surface area contributed by atoms with Crippen LogP contribution in [0.5, 0.6) is 0 Å². The van der Waals surface area contributed by atoms with Crippen molar-refractivity contribution in [2.24, 2.45) is 0 Å². The fourth-order valence-electron chi connectivity index (χ4n) is 4.43. The number of morpholine rings is 1. The lowest BCUT2D eigenvalue weighted by Gasteiger charge is -2.27. The minimum absolute atomic E-state index is 0.116. The zero-order valence-electron chi connectivity index (χ0n) is 17.1. The summed E-state index contributed by atoms with van der Waals surface area (Å²) in [6.45, 7) is 4.28. The first-order chi connectivity index (χ1) is 15.4. The zero-order valence-corrected chi connectivity index (χ0v) is 17.1. The monoisotopic (exact) mass is 413 g/mol. The standard InChI is InChI=1S/C24H23N5O2/c1-2-4-17(5-3-1)22-15-31-16-23-27-20-7-6-18(12-21(20)29(22)23)19-13-25-24(26-14-19)28-8-10-30-11-9-28/h1-7,12-14,22H,8-11,15-16H2. The van der Waals surface area contributed by atoms with Crippen molar-refractivity contribution in [3.63, 3.8) is 0 Å². The second kappa shape index (κ2) is 7.76. The summed E-state index contributed by atoms with van der Waals surface area (Å²) in [5.41, 5.74) is 5.41. The molecule has 7 heteroatoms. The van der Waals surface area contributed by atoms with E-state index in [0.717, 1.165) is 60.2 Å². The maximum absolute atomic E-state index is 5.86. The number of fused-ring (bicyclic) bond motifs is 3. The number of benzene rings is 2. The molecule has 2 aliphatic heterocycles. The summed E-state index contributed by atoms with van der Waals surface area (Å²) in [6, 6.07) is 17.0. The molecular weight excluding hydrogens is 390 g/mol. The first-order valence-corrected chi connectivity index (χ1v) is 10.7. The third-order valence-electron chi connectivity index (χ3n) is 6.03. The van der Waals surface area contributed by atoms with E-state index in [2.05, 4.69) is 61.9 Å². The summed E-state index contributed by atoms with van der Waals surface area (Å²) >= 11 is 0. The first kappa shape index (κ1) is 18.5. The van der Waals surface area contributed by atoms with Crippen LogP contribution in [-0.2, 0) is 16.1 Å². The van der Waals surface area contributed by atoms with E-state index < -0.39 is 0 Å². The predicted molar refractivity (Wildman–Crippen MR) is 118 cm³/mol. The van der Waals surface area contributed by atoms with Crippen molar-refractivity contribution in [1.82, 2.24) is 19.5 Å². The van der Waals surface area contributed by atoms with Gasteiger partial charge in [-0.2, -0.15) is 0 Å². The number of anilines is 1. The molecule has 1 saturated heterocycles. The van der Waals surface area contributed by atoms with Crippen molar-refractivity contribution in [3.8, 4) is 11.1 Å². The zero-order chi connectivity index (χ0) is 20.6. The molecule has 2 aromatic carbocycles. The number of imidazole rings is 1. The molecule has 0 aliphatic carbocycles. The molecule has 4 heterocycles. The van der Waals surface area contributed by atoms with Crippen LogP contribution in [0.15, 0.2) is 60.9 Å². The Bertz CT molecular complexity index is 1200. The summed E-state index contributed by atoms with van der Waals surface area (Å²) in [5, 5.41) is 0. The van der Waals surface area contributed by atoms with Crippen molar-refractivity contribution >= 4 is 17.0 Å². The maximum atomic E-state index is 5.86. The fraction of sp³-hybridized carbons (Fsp3) is 0.292. The van der Waals surface area contributed by atoms with E-state index in [1.807, 2.05) is 18.5 Å². The van der Waals surface area contributed by atoms with E-state index in [0.29, 0.717) is 13.2 Å². The number of hydrogen-bond acceptors (Lipinski definition) is 6. The molecule has 2 aromatic heterocycles. The number of hydrogen-bond donors (Lipinski definition) is 0. The Hall–Kier alpha value is -3.29. The highest BCUT2D eigenvalue weighted by molar-refractivity contribution is 5.83. The molecule has 0 bridgehead atoms. The van der Waals surface area contributed by atoms with Crippen LogP contribution in [0.2, 0.25) is 0 Å². The lowest BCUT2D eigenvalue weighted by molar-refractivity contribution is 0.0679. The number of rotatable bonds is 3. The highest BCUT2D eigenvalue weighted by Crippen LogP contribution is 2.32. The van der Waals surface area contributed by atoms with Crippen LogP contribution in [0, 0.1) is 0 Å². The SMILES string of the molecule is c1ccc(C2COCc3nc4ccc(-c5cnc(N6CCOCC6)nc5)cc4n32)cc1. The van der Waals surface area contributed by atoms with Gasteiger partial charge in [-0.1, -0.05) is 36.4 Å². The second-order valence-corrected chi connectivity index (χ2v) is 7.91. The normalized spacial score (nSPS) is 18.8. The van der Waals surface area contributed by atoms with Gasteiger partial charge in [-0.25, -0.2) is 15.0 Å². The molecule has 6 rings (SSSR count). The van der Waals surface area contributed by atoms with Gasteiger partial charge in [-0.15, -0.1) is 0 Å². The Morgan fingerprint density at radius 1 is 0.871 bits per heavy atom. The number of nitrogens with zero attached hydrogens (tertiary/aromatic N) is 5. The highest BCUT2D eigenvalue weighted by atomic mass is 16.5. The Kier molecular flexibility index (Phi) is 4.62. The Morgan fingerprint density at radius 2 is 1.68 bits per heavy atom. The van der Waals surface area contributed by atoms with Gasteiger partial charge in [0.2, 0.25) is 5.95 Å². The largest absolute Gasteiger partial charge is 0.378 e. The van der Waals surface area contributed by atoms with Crippen molar-refractivity contribution in [3.05, 3.63) is 72.3 Å². The summed E-state index contributed by atoms with van der Waals surface area (Å²) < 4.78 is 13.6. The fourth-order valence-corrected chi connectivity index (χ4v) is 4.43. The van der Waals surface area contributed by atoms with Crippen molar-refractivity contribution < 1.29 is 9.47 Å². The summed E-state index contributed by atoms with van der Waals surface area (Å²) in [5.74, 6) is 1.72. The van der Waals surface area contributed by atoms with Crippen LogP contribution in [0.25, 0.3) is 22.2 Å². The minimum atomic E-state index is 0.116. The summed E-state index contributed by atoms with van der Waals surface area (Å²) in [7, 11) is 0. The average molecular weight is 413 g/mol. The van der Waals surface area contributed by atoms with E-state index in [9.17, 15) is 0 Å². The third kappa shape index (κ3) is 3.36. The van der Waals surface area contributed by atoms with E-state index in [1.165, 1.54) is 5.56 Å². The number of ether oxygens (including phenoxy) is 2. The second-order valence-electron chi connectivity index (χ2n) is 7.91. The van der Waals surface area contributed by atoms with Gasteiger partial charge in [0.1, 0.15) is 12.4 Å². The van der Waals surface area contributed by atoms with E-state index in [4.69, 9.17) is 14.5 Å². The van der Waals surface area contributed by atoms with Crippen LogP contribution >= 0.6 is 0 Å². The van der Waals surface area contributed by atoms with Gasteiger partial charge in [0.05, 0.1) is 36.9 Å². The molecule has 2 aliphatic rings. The molecule has 0 amide bonds. The molecule has 0 spiro atoms. The minimum Gasteiger partial charge on any atom is -0.378 e. The van der Waals surface area contributed by atoms with Crippen LogP contribution < -0.4 is 4.90 Å². The molecule has 1 atom stereocenters. The van der Waals surface area contributed by atoms with Gasteiger partial charge < -0.3 is 18.9 Å². The van der Waals surface area contributed by atoms with Crippen molar-refractivity contribution in [2.75, 3.05) is 37.8 Å². The van der Waals surface area contributed by atoms with Crippen LogP contribution in [0.3, 0.4) is 0 Å². The van der Waals surface area contributed by atoms with Gasteiger partial charge in [0, 0.05) is 31.0 Å². The van der Waals surface area contributed by atoms with E-state index in [1.54, 1.807) is 0 Å².